The molecule has 2 N–H and O–H groups in total. The van der Waals surface area contributed by atoms with Crippen molar-refractivity contribution < 1.29 is 4.79 Å². The SMILES string of the molecule is CC(C)CCNc1ccc(NC(=O)Cc2cccs2)cc1. The normalized spacial score (nSPS) is 10.6. The fourth-order valence-electron chi connectivity index (χ4n) is 1.95. The molecule has 2 aromatic rings. The summed E-state index contributed by atoms with van der Waals surface area (Å²) in [4.78, 5) is 13.0. The fourth-order valence-corrected chi connectivity index (χ4v) is 2.66. The van der Waals surface area contributed by atoms with Crippen molar-refractivity contribution in [2.45, 2.75) is 26.7 Å². The van der Waals surface area contributed by atoms with Gasteiger partial charge in [0.25, 0.3) is 0 Å². The molecule has 112 valence electrons. The Hall–Kier alpha value is -1.81. The van der Waals surface area contributed by atoms with E-state index in [9.17, 15) is 4.79 Å². The summed E-state index contributed by atoms with van der Waals surface area (Å²) in [6.45, 7) is 5.41. The second-order valence-corrected chi connectivity index (χ2v) is 6.52. The summed E-state index contributed by atoms with van der Waals surface area (Å²) in [7, 11) is 0. The summed E-state index contributed by atoms with van der Waals surface area (Å²) in [6.07, 6.45) is 1.59. The Kier molecular flexibility index (Phi) is 5.81. The summed E-state index contributed by atoms with van der Waals surface area (Å²) in [5.41, 5.74) is 1.93. The molecule has 1 amide bonds. The lowest BCUT2D eigenvalue weighted by atomic mass is 10.1. The van der Waals surface area contributed by atoms with Crippen LogP contribution in [-0.2, 0) is 11.2 Å². The molecule has 1 aromatic heterocycles. The van der Waals surface area contributed by atoms with Crippen LogP contribution in [-0.4, -0.2) is 12.5 Å². The smallest absolute Gasteiger partial charge is 0.229 e. The van der Waals surface area contributed by atoms with E-state index >= 15 is 0 Å². The highest BCUT2D eigenvalue weighted by atomic mass is 32.1. The maximum absolute atomic E-state index is 11.9. The second kappa shape index (κ2) is 7.84. The topological polar surface area (TPSA) is 41.1 Å². The van der Waals surface area contributed by atoms with Gasteiger partial charge in [-0.15, -0.1) is 11.3 Å². The van der Waals surface area contributed by atoms with E-state index in [1.54, 1.807) is 11.3 Å². The van der Waals surface area contributed by atoms with Crippen molar-refractivity contribution in [2.75, 3.05) is 17.2 Å². The number of nitrogens with one attached hydrogen (secondary N) is 2. The van der Waals surface area contributed by atoms with Crippen LogP contribution in [0, 0.1) is 5.92 Å². The highest BCUT2D eigenvalue weighted by Gasteiger charge is 2.04. The number of rotatable bonds is 7. The second-order valence-electron chi connectivity index (χ2n) is 5.49. The van der Waals surface area contributed by atoms with Crippen LogP contribution in [0.5, 0.6) is 0 Å². The predicted octanol–water partition coefficient (Wildman–Crippen LogP) is 4.39. The van der Waals surface area contributed by atoms with Crippen molar-refractivity contribution >= 4 is 28.6 Å². The maximum atomic E-state index is 11.9. The molecule has 0 saturated carbocycles. The van der Waals surface area contributed by atoms with Crippen LogP contribution in [0.4, 0.5) is 11.4 Å². The molecule has 0 bridgehead atoms. The van der Waals surface area contributed by atoms with Crippen molar-refractivity contribution in [3.63, 3.8) is 0 Å². The first-order valence-corrected chi connectivity index (χ1v) is 8.17. The van der Waals surface area contributed by atoms with Crippen LogP contribution in [0.2, 0.25) is 0 Å². The van der Waals surface area contributed by atoms with Crippen LogP contribution < -0.4 is 10.6 Å². The van der Waals surface area contributed by atoms with Gasteiger partial charge >= 0.3 is 0 Å². The van der Waals surface area contributed by atoms with Gasteiger partial charge in [0.1, 0.15) is 0 Å². The quantitative estimate of drug-likeness (QED) is 0.796. The minimum Gasteiger partial charge on any atom is -0.385 e. The zero-order valence-electron chi connectivity index (χ0n) is 12.6. The van der Waals surface area contributed by atoms with Crippen LogP contribution in [0.1, 0.15) is 25.1 Å². The van der Waals surface area contributed by atoms with Gasteiger partial charge in [0.05, 0.1) is 6.42 Å². The molecular weight excluding hydrogens is 280 g/mol. The van der Waals surface area contributed by atoms with Crippen molar-refractivity contribution in [1.29, 1.82) is 0 Å². The van der Waals surface area contributed by atoms with Gasteiger partial charge in [-0.05, 0) is 48.1 Å². The van der Waals surface area contributed by atoms with Gasteiger partial charge in [0, 0.05) is 22.8 Å². The highest BCUT2D eigenvalue weighted by Crippen LogP contribution is 2.15. The van der Waals surface area contributed by atoms with Crippen molar-refractivity contribution in [3.05, 3.63) is 46.7 Å². The van der Waals surface area contributed by atoms with E-state index in [1.807, 2.05) is 41.8 Å². The minimum atomic E-state index is 0.0259. The third-order valence-corrected chi connectivity index (χ3v) is 4.01. The first kappa shape index (κ1) is 15.6. The number of carbonyl (C=O) groups is 1. The average Bonchev–Trinajstić information content (AvgIpc) is 2.93. The molecule has 21 heavy (non-hydrogen) atoms. The lowest BCUT2D eigenvalue weighted by molar-refractivity contribution is -0.115. The van der Waals surface area contributed by atoms with Crippen molar-refractivity contribution in [3.8, 4) is 0 Å². The Bertz CT molecular complexity index is 547. The number of hydrogen-bond acceptors (Lipinski definition) is 3. The number of carbonyl (C=O) groups excluding carboxylic acids is 1. The van der Waals surface area contributed by atoms with Crippen molar-refractivity contribution in [1.82, 2.24) is 0 Å². The fraction of sp³-hybridized carbons (Fsp3) is 0.353. The molecule has 1 heterocycles. The molecule has 0 aliphatic heterocycles. The van der Waals surface area contributed by atoms with E-state index in [2.05, 4.69) is 24.5 Å². The monoisotopic (exact) mass is 302 g/mol. The van der Waals surface area contributed by atoms with E-state index in [0.717, 1.165) is 29.2 Å². The highest BCUT2D eigenvalue weighted by molar-refractivity contribution is 7.10. The third kappa shape index (κ3) is 5.60. The van der Waals surface area contributed by atoms with Gasteiger partial charge in [0.15, 0.2) is 0 Å². The largest absolute Gasteiger partial charge is 0.385 e. The average molecular weight is 302 g/mol. The molecular formula is C17H22N2OS. The molecule has 0 aliphatic rings. The standard InChI is InChI=1S/C17H22N2OS/c1-13(2)9-10-18-14-5-7-15(8-6-14)19-17(20)12-16-4-3-11-21-16/h3-8,11,13,18H,9-10,12H2,1-2H3,(H,19,20). The molecule has 2 rings (SSSR count). The summed E-state index contributed by atoms with van der Waals surface area (Å²) in [5, 5.41) is 8.29. The number of amides is 1. The third-order valence-electron chi connectivity index (χ3n) is 3.13. The Balaban J connectivity index is 1.80. The van der Waals surface area contributed by atoms with E-state index < -0.39 is 0 Å². The lowest BCUT2D eigenvalue weighted by Crippen LogP contribution is -2.13. The number of hydrogen-bond donors (Lipinski definition) is 2. The number of anilines is 2. The predicted molar refractivity (Wildman–Crippen MR) is 91.0 cm³/mol. The molecule has 3 nitrogen and oxygen atoms in total. The van der Waals surface area contributed by atoms with Crippen LogP contribution in [0.3, 0.4) is 0 Å². The van der Waals surface area contributed by atoms with Crippen LogP contribution in [0.15, 0.2) is 41.8 Å². The van der Waals surface area contributed by atoms with Gasteiger partial charge in [-0.2, -0.15) is 0 Å². The summed E-state index contributed by atoms with van der Waals surface area (Å²) < 4.78 is 0. The molecule has 0 spiro atoms. The Morgan fingerprint density at radius 2 is 1.86 bits per heavy atom. The van der Waals surface area contributed by atoms with Crippen LogP contribution >= 0.6 is 11.3 Å². The number of benzene rings is 1. The van der Waals surface area contributed by atoms with Gasteiger partial charge in [-0.3, -0.25) is 4.79 Å². The maximum Gasteiger partial charge on any atom is 0.229 e. The Labute approximate surface area is 130 Å². The first-order chi connectivity index (χ1) is 10.1. The number of thiophene rings is 1. The first-order valence-electron chi connectivity index (χ1n) is 7.29. The van der Waals surface area contributed by atoms with Gasteiger partial charge < -0.3 is 10.6 Å². The zero-order valence-corrected chi connectivity index (χ0v) is 13.4. The molecule has 0 fully saturated rings. The van der Waals surface area contributed by atoms with E-state index in [-0.39, 0.29) is 5.91 Å². The molecule has 0 radical (unpaired) electrons. The summed E-state index contributed by atoms with van der Waals surface area (Å²) in [6, 6.07) is 11.8. The van der Waals surface area contributed by atoms with Gasteiger partial charge in [-0.25, -0.2) is 0 Å². The van der Waals surface area contributed by atoms with Crippen molar-refractivity contribution in [2.24, 2.45) is 5.92 Å². The Morgan fingerprint density at radius 3 is 2.48 bits per heavy atom. The minimum absolute atomic E-state index is 0.0259. The summed E-state index contributed by atoms with van der Waals surface area (Å²) in [5.74, 6) is 0.728. The molecule has 0 atom stereocenters. The molecule has 1 aromatic carbocycles. The lowest BCUT2D eigenvalue weighted by Gasteiger charge is -2.09. The molecule has 0 unspecified atom stereocenters. The zero-order chi connectivity index (χ0) is 15.1. The van der Waals surface area contributed by atoms with Gasteiger partial charge in [-0.1, -0.05) is 19.9 Å². The van der Waals surface area contributed by atoms with Crippen LogP contribution in [0.25, 0.3) is 0 Å². The summed E-state index contributed by atoms with van der Waals surface area (Å²) >= 11 is 1.60. The van der Waals surface area contributed by atoms with Gasteiger partial charge in [0.2, 0.25) is 5.91 Å². The Morgan fingerprint density at radius 1 is 1.14 bits per heavy atom. The van der Waals surface area contributed by atoms with E-state index in [1.165, 1.54) is 0 Å². The van der Waals surface area contributed by atoms with E-state index in [4.69, 9.17) is 0 Å². The van der Waals surface area contributed by atoms with E-state index in [0.29, 0.717) is 12.3 Å². The molecule has 0 saturated heterocycles. The molecule has 4 heteroatoms. The molecule has 0 aliphatic carbocycles.